The van der Waals surface area contributed by atoms with Gasteiger partial charge in [-0.25, -0.2) is 4.98 Å². The van der Waals surface area contributed by atoms with Crippen LogP contribution >= 0.6 is 0 Å². The molecule has 3 heteroatoms. The molecule has 0 unspecified atom stereocenters. The van der Waals surface area contributed by atoms with E-state index in [-0.39, 0.29) is 5.41 Å². The summed E-state index contributed by atoms with van der Waals surface area (Å²) in [4.78, 5) is 4.14. The Hall–Kier alpha value is -0.830. The number of nitrogens with two attached hydrogens (primary N) is 1. The lowest BCUT2D eigenvalue weighted by atomic mass is 9.91. The molecule has 0 saturated heterocycles. The number of nitrogens with zero attached hydrogens (tertiary/aromatic N) is 1. The van der Waals surface area contributed by atoms with Crippen molar-refractivity contribution in [2.24, 2.45) is 11.1 Å². The normalized spacial score (nSPS) is 12.0. The van der Waals surface area contributed by atoms with E-state index in [0.29, 0.717) is 6.54 Å². The molecule has 0 bridgehead atoms. The minimum absolute atomic E-state index is 0.250. The molecule has 1 rings (SSSR count). The lowest BCUT2D eigenvalue weighted by molar-refractivity contribution is 0.352. The van der Waals surface area contributed by atoms with Crippen molar-refractivity contribution in [1.29, 1.82) is 0 Å². The van der Waals surface area contributed by atoms with Gasteiger partial charge in [0.05, 0.1) is 6.20 Å². The SMILES string of the molecule is CC(C)(C)Cc1cnc(CCN)o1. The number of rotatable bonds is 3. The third kappa shape index (κ3) is 3.59. The van der Waals surface area contributed by atoms with E-state index in [1.807, 2.05) is 0 Å². The van der Waals surface area contributed by atoms with Gasteiger partial charge in [0, 0.05) is 19.4 Å². The molecule has 0 amide bonds. The molecule has 1 aromatic rings. The van der Waals surface area contributed by atoms with E-state index in [1.54, 1.807) is 6.20 Å². The first-order valence-corrected chi connectivity index (χ1v) is 4.65. The van der Waals surface area contributed by atoms with Crippen LogP contribution in [-0.2, 0) is 12.8 Å². The van der Waals surface area contributed by atoms with E-state index < -0.39 is 0 Å². The van der Waals surface area contributed by atoms with Crippen molar-refractivity contribution < 1.29 is 4.42 Å². The second-order valence-corrected chi connectivity index (χ2v) is 4.50. The average Bonchev–Trinajstić information content (AvgIpc) is 2.33. The largest absolute Gasteiger partial charge is 0.446 e. The summed E-state index contributed by atoms with van der Waals surface area (Å²) in [6.07, 6.45) is 3.45. The van der Waals surface area contributed by atoms with Gasteiger partial charge in [-0.2, -0.15) is 0 Å². The van der Waals surface area contributed by atoms with Crippen LogP contribution < -0.4 is 5.73 Å². The second kappa shape index (κ2) is 3.92. The summed E-state index contributed by atoms with van der Waals surface area (Å²) in [5.74, 6) is 1.71. The molecule has 2 N–H and O–H groups in total. The Kier molecular flexibility index (Phi) is 3.09. The highest BCUT2D eigenvalue weighted by atomic mass is 16.4. The maximum Gasteiger partial charge on any atom is 0.195 e. The minimum Gasteiger partial charge on any atom is -0.446 e. The van der Waals surface area contributed by atoms with Crippen LogP contribution in [0.3, 0.4) is 0 Å². The maximum absolute atomic E-state index is 5.51. The first kappa shape index (κ1) is 10.3. The number of hydrogen-bond acceptors (Lipinski definition) is 3. The van der Waals surface area contributed by atoms with Crippen molar-refractivity contribution in [2.45, 2.75) is 33.6 Å². The monoisotopic (exact) mass is 182 g/mol. The Labute approximate surface area is 79.3 Å². The molecule has 0 aliphatic heterocycles. The molecular weight excluding hydrogens is 164 g/mol. The van der Waals surface area contributed by atoms with E-state index in [4.69, 9.17) is 10.2 Å². The summed E-state index contributed by atoms with van der Waals surface area (Å²) in [7, 11) is 0. The maximum atomic E-state index is 5.51. The highest BCUT2D eigenvalue weighted by Gasteiger charge is 2.14. The first-order chi connectivity index (χ1) is 6.01. The lowest BCUT2D eigenvalue weighted by Crippen LogP contribution is -2.08. The molecule has 0 saturated carbocycles. The molecule has 0 aliphatic rings. The van der Waals surface area contributed by atoms with E-state index >= 15 is 0 Å². The highest BCUT2D eigenvalue weighted by Crippen LogP contribution is 2.20. The zero-order valence-corrected chi connectivity index (χ0v) is 8.63. The molecule has 1 heterocycles. The van der Waals surface area contributed by atoms with Gasteiger partial charge < -0.3 is 10.2 Å². The molecule has 13 heavy (non-hydrogen) atoms. The predicted octanol–water partition coefficient (Wildman–Crippen LogP) is 1.76. The van der Waals surface area contributed by atoms with Crippen LogP contribution in [0.5, 0.6) is 0 Å². The molecular formula is C10H18N2O. The van der Waals surface area contributed by atoms with Gasteiger partial charge in [-0.15, -0.1) is 0 Å². The van der Waals surface area contributed by atoms with Crippen LogP contribution in [0.25, 0.3) is 0 Å². The summed E-state index contributed by atoms with van der Waals surface area (Å²) in [6, 6.07) is 0. The fraction of sp³-hybridized carbons (Fsp3) is 0.700. The lowest BCUT2D eigenvalue weighted by Gasteiger charge is -2.15. The fourth-order valence-corrected chi connectivity index (χ4v) is 1.19. The Morgan fingerprint density at radius 2 is 2.15 bits per heavy atom. The summed E-state index contributed by atoms with van der Waals surface area (Å²) in [6.45, 7) is 7.13. The summed E-state index contributed by atoms with van der Waals surface area (Å²) in [5.41, 5.74) is 5.65. The average molecular weight is 182 g/mol. The van der Waals surface area contributed by atoms with Gasteiger partial charge in [-0.3, -0.25) is 0 Å². The summed E-state index contributed by atoms with van der Waals surface area (Å²) in [5, 5.41) is 0. The fourth-order valence-electron chi connectivity index (χ4n) is 1.19. The standard InChI is InChI=1S/C10H18N2O/c1-10(2,3)6-8-7-12-9(13-8)4-5-11/h7H,4-6,11H2,1-3H3. The van der Waals surface area contributed by atoms with Crippen LogP contribution in [0.1, 0.15) is 32.4 Å². The van der Waals surface area contributed by atoms with Crippen molar-refractivity contribution in [3.8, 4) is 0 Å². The molecule has 74 valence electrons. The zero-order valence-electron chi connectivity index (χ0n) is 8.63. The van der Waals surface area contributed by atoms with Crippen LogP contribution in [0.15, 0.2) is 10.6 Å². The molecule has 0 spiro atoms. The molecule has 1 aromatic heterocycles. The molecule has 0 aliphatic carbocycles. The Bertz CT molecular complexity index is 260. The zero-order chi connectivity index (χ0) is 9.90. The minimum atomic E-state index is 0.250. The van der Waals surface area contributed by atoms with Gasteiger partial charge in [0.1, 0.15) is 5.76 Å². The van der Waals surface area contributed by atoms with Gasteiger partial charge in [-0.05, 0) is 5.41 Å². The van der Waals surface area contributed by atoms with Crippen molar-refractivity contribution >= 4 is 0 Å². The third-order valence-electron chi connectivity index (χ3n) is 1.66. The van der Waals surface area contributed by atoms with Crippen molar-refractivity contribution in [3.63, 3.8) is 0 Å². The van der Waals surface area contributed by atoms with E-state index in [1.165, 1.54) is 0 Å². The highest BCUT2D eigenvalue weighted by molar-refractivity contribution is 4.97. The van der Waals surface area contributed by atoms with Crippen molar-refractivity contribution in [3.05, 3.63) is 17.8 Å². The predicted molar refractivity (Wildman–Crippen MR) is 52.4 cm³/mol. The summed E-state index contributed by atoms with van der Waals surface area (Å²) < 4.78 is 5.51. The Morgan fingerprint density at radius 1 is 1.46 bits per heavy atom. The third-order valence-corrected chi connectivity index (χ3v) is 1.66. The number of hydrogen-bond donors (Lipinski definition) is 1. The number of aromatic nitrogens is 1. The quantitative estimate of drug-likeness (QED) is 0.775. The second-order valence-electron chi connectivity index (χ2n) is 4.50. The van der Waals surface area contributed by atoms with Gasteiger partial charge in [0.25, 0.3) is 0 Å². The van der Waals surface area contributed by atoms with Crippen LogP contribution in [0, 0.1) is 5.41 Å². The smallest absolute Gasteiger partial charge is 0.195 e. The Morgan fingerprint density at radius 3 is 2.69 bits per heavy atom. The topological polar surface area (TPSA) is 52.0 Å². The van der Waals surface area contributed by atoms with Gasteiger partial charge in [-0.1, -0.05) is 20.8 Å². The molecule has 0 fully saturated rings. The van der Waals surface area contributed by atoms with E-state index in [9.17, 15) is 0 Å². The molecule has 0 radical (unpaired) electrons. The molecule has 0 aromatic carbocycles. The Balaban J connectivity index is 2.59. The summed E-state index contributed by atoms with van der Waals surface area (Å²) >= 11 is 0. The van der Waals surface area contributed by atoms with Crippen molar-refractivity contribution in [2.75, 3.05) is 6.54 Å². The number of oxazole rings is 1. The van der Waals surface area contributed by atoms with E-state index in [2.05, 4.69) is 25.8 Å². The van der Waals surface area contributed by atoms with Crippen LogP contribution in [0.4, 0.5) is 0 Å². The van der Waals surface area contributed by atoms with E-state index in [0.717, 1.165) is 24.5 Å². The van der Waals surface area contributed by atoms with Gasteiger partial charge in [0.2, 0.25) is 0 Å². The molecule has 0 atom stereocenters. The van der Waals surface area contributed by atoms with Crippen LogP contribution in [0.2, 0.25) is 0 Å². The first-order valence-electron chi connectivity index (χ1n) is 4.65. The van der Waals surface area contributed by atoms with Crippen LogP contribution in [-0.4, -0.2) is 11.5 Å². The van der Waals surface area contributed by atoms with Crippen molar-refractivity contribution in [1.82, 2.24) is 4.98 Å². The van der Waals surface area contributed by atoms with Gasteiger partial charge >= 0.3 is 0 Å². The molecule has 3 nitrogen and oxygen atoms in total. The van der Waals surface area contributed by atoms with Gasteiger partial charge in [0.15, 0.2) is 5.89 Å².